The Balaban J connectivity index is 1.48. The fourth-order valence-corrected chi connectivity index (χ4v) is 3.92. The van der Waals surface area contributed by atoms with Gasteiger partial charge in [-0.3, -0.25) is 23.9 Å². The summed E-state index contributed by atoms with van der Waals surface area (Å²) in [5.74, 6) is -0.144. The van der Waals surface area contributed by atoms with E-state index >= 15 is 0 Å². The van der Waals surface area contributed by atoms with E-state index in [2.05, 4.69) is 20.8 Å². The van der Waals surface area contributed by atoms with E-state index in [0.29, 0.717) is 27.5 Å². The minimum atomic E-state index is -0.604. The molecule has 0 spiro atoms. The standard InChI is InChI=1S/C21H20N6O3S/c1-12-8-9-14(10-13(12)2)22-19(30)23-17(28)11-31-21-25-24-20-26(3)18(29)15-6-4-5-7-16(15)27(20)21/h4-10H,11H2,1-3H3,(H2,22,23,28,30). The van der Waals surface area contributed by atoms with Gasteiger partial charge in [-0.15, -0.1) is 10.2 Å². The number of carbonyl (C=O) groups excluding carboxylic acids is 2. The van der Waals surface area contributed by atoms with Gasteiger partial charge in [0.1, 0.15) is 0 Å². The monoisotopic (exact) mass is 436 g/mol. The number of amides is 3. The Morgan fingerprint density at radius 2 is 1.84 bits per heavy atom. The highest BCUT2D eigenvalue weighted by Gasteiger charge is 2.16. The molecule has 0 aliphatic rings. The molecule has 0 saturated carbocycles. The summed E-state index contributed by atoms with van der Waals surface area (Å²) in [6.07, 6.45) is 0. The van der Waals surface area contributed by atoms with Crippen LogP contribution in [0.5, 0.6) is 0 Å². The van der Waals surface area contributed by atoms with Gasteiger partial charge < -0.3 is 5.32 Å². The van der Waals surface area contributed by atoms with Gasteiger partial charge in [-0.25, -0.2) is 4.79 Å². The molecule has 0 bridgehead atoms. The Labute approximate surface area is 181 Å². The molecule has 2 N–H and O–H groups in total. The number of urea groups is 1. The van der Waals surface area contributed by atoms with Crippen LogP contribution in [0.3, 0.4) is 0 Å². The summed E-state index contributed by atoms with van der Waals surface area (Å²) in [6, 6.07) is 12.0. The topological polar surface area (TPSA) is 110 Å². The smallest absolute Gasteiger partial charge is 0.308 e. The van der Waals surface area contributed by atoms with E-state index < -0.39 is 11.9 Å². The lowest BCUT2D eigenvalue weighted by molar-refractivity contribution is -0.117. The van der Waals surface area contributed by atoms with Crippen molar-refractivity contribution in [3.63, 3.8) is 0 Å². The van der Waals surface area contributed by atoms with Gasteiger partial charge in [-0.1, -0.05) is 30.0 Å². The highest BCUT2D eigenvalue weighted by molar-refractivity contribution is 7.99. The Morgan fingerprint density at radius 1 is 1.06 bits per heavy atom. The molecule has 4 rings (SSSR count). The summed E-state index contributed by atoms with van der Waals surface area (Å²) < 4.78 is 3.14. The first kappa shape index (κ1) is 20.6. The Bertz CT molecular complexity index is 1390. The lowest BCUT2D eigenvalue weighted by Crippen LogP contribution is -2.35. The highest BCUT2D eigenvalue weighted by atomic mass is 32.2. The molecule has 2 aromatic heterocycles. The van der Waals surface area contributed by atoms with Crippen molar-refractivity contribution in [2.45, 2.75) is 19.0 Å². The van der Waals surface area contributed by atoms with E-state index in [1.54, 1.807) is 35.7 Å². The average molecular weight is 436 g/mol. The van der Waals surface area contributed by atoms with Gasteiger partial charge in [0.15, 0.2) is 5.16 Å². The van der Waals surface area contributed by atoms with Crippen LogP contribution < -0.4 is 16.2 Å². The number of anilines is 1. The minimum Gasteiger partial charge on any atom is -0.308 e. The Hall–Kier alpha value is -3.66. The number of nitrogens with zero attached hydrogens (tertiary/aromatic N) is 4. The third-order valence-corrected chi connectivity index (χ3v) is 5.88. The molecule has 3 amide bonds. The molecule has 158 valence electrons. The van der Waals surface area contributed by atoms with Crippen LogP contribution in [0.1, 0.15) is 11.1 Å². The van der Waals surface area contributed by atoms with E-state index in [9.17, 15) is 14.4 Å². The molecule has 2 aromatic carbocycles. The molecule has 0 unspecified atom stereocenters. The van der Waals surface area contributed by atoms with Crippen LogP contribution in [0, 0.1) is 13.8 Å². The zero-order valence-electron chi connectivity index (χ0n) is 17.2. The molecule has 31 heavy (non-hydrogen) atoms. The maximum absolute atomic E-state index is 12.5. The lowest BCUT2D eigenvalue weighted by atomic mass is 10.1. The van der Waals surface area contributed by atoms with Crippen LogP contribution in [0.25, 0.3) is 16.7 Å². The van der Waals surface area contributed by atoms with Crippen molar-refractivity contribution in [3.05, 3.63) is 63.9 Å². The number of para-hydroxylation sites is 1. The average Bonchev–Trinajstić information content (AvgIpc) is 3.17. The van der Waals surface area contributed by atoms with Gasteiger partial charge in [-0.05, 0) is 49.2 Å². The van der Waals surface area contributed by atoms with E-state index in [0.717, 1.165) is 22.9 Å². The molecule has 0 saturated heterocycles. The molecule has 4 aromatic rings. The maximum atomic E-state index is 12.5. The number of fused-ring (bicyclic) bond motifs is 3. The predicted octanol–water partition coefficient (Wildman–Crippen LogP) is 2.64. The van der Waals surface area contributed by atoms with Gasteiger partial charge in [0.25, 0.3) is 5.56 Å². The number of hydrogen-bond donors (Lipinski definition) is 2. The first-order chi connectivity index (χ1) is 14.8. The predicted molar refractivity (Wildman–Crippen MR) is 120 cm³/mol. The van der Waals surface area contributed by atoms with Crippen molar-refractivity contribution < 1.29 is 9.59 Å². The molecule has 0 radical (unpaired) electrons. The summed E-state index contributed by atoms with van der Waals surface area (Å²) in [4.78, 5) is 36.9. The summed E-state index contributed by atoms with van der Waals surface area (Å²) in [6.45, 7) is 3.93. The van der Waals surface area contributed by atoms with Crippen molar-refractivity contribution in [1.29, 1.82) is 0 Å². The van der Waals surface area contributed by atoms with E-state index in [-0.39, 0.29) is 11.3 Å². The third-order valence-electron chi connectivity index (χ3n) is 4.95. The van der Waals surface area contributed by atoms with Gasteiger partial charge in [0.2, 0.25) is 11.7 Å². The fourth-order valence-electron chi connectivity index (χ4n) is 3.18. The molecule has 0 aliphatic carbocycles. The van der Waals surface area contributed by atoms with Gasteiger partial charge in [-0.2, -0.15) is 0 Å². The molecule has 2 heterocycles. The number of hydrogen-bond acceptors (Lipinski definition) is 6. The summed E-state index contributed by atoms with van der Waals surface area (Å²) >= 11 is 1.13. The number of thioether (sulfide) groups is 1. The summed E-state index contributed by atoms with van der Waals surface area (Å²) in [7, 11) is 1.62. The number of carbonyl (C=O) groups is 2. The SMILES string of the molecule is Cc1ccc(NC(=O)NC(=O)CSc2nnc3n(C)c(=O)c4ccccc4n23)cc1C. The first-order valence-corrected chi connectivity index (χ1v) is 10.5. The van der Waals surface area contributed by atoms with E-state index in [4.69, 9.17) is 0 Å². The molecule has 9 nitrogen and oxygen atoms in total. The third kappa shape index (κ3) is 4.02. The number of nitrogens with one attached hydrogen (secondary N) is 2. The number of imide groups is 1. The highest BCUT2D eigenvalue weighted by Crippen LogP contribution is 2.21. The second-order valence-electron chi connectivity index (χ2n) is 7.09. The molecular formula is C21H20N6O3S. The largest absolute Gasteiger partial charge is 0.325 e. The molecule has 0 aliphatic heterocycles. The van der Waals surface area contributed by atoms with Crippen molar-refractivity contribution in [2.24, 2.45) is 7.05 Å². The Morgan fingerprint density at radius 3 is 2.61 bits per heavy atom. The van der Waals surface area contributed by atoms with Crippen LogP contribution in [-0.4, -0.2) is 36.9 Å². The van der Waals surface area contributed by atoms with Crippen LogP contribution in [0.4, 0.5) is 10.5 Å². The van der Waals surface area contributed by atoms with Crippen LogP contribution in [-0.2, 0) is 11.8 Å². The van der Waals surface area contributed by atoms with Crippen molar-refractivity contribution in [2.75, 3.05) is 11.1 Å². The molecule has 0 fully saturated rings. The number of aryl methyl sites for hydroxylation is 3. The number of aromatic nitrogens is 4. The fraction of sp³-hybridized carbons (Fsp3) is 0.190. The summed E-state index contributed by atoms with van der Waals surface area (Å²) in [5, 5.41) is 14.1. The molecule has 10 heteroatoms. The molecular weight excluding hydrogens is 416 g/mol. The maximum Gasteiger partial charge on any atom is 0.325 e. The minimum absolute atomic E-state index is 0.0433. The Kier molecular flexibility index (Phi) is 5.47. The van der Waals surface area contributed by atoms with Crippen LogP contribution in [0.15, 0.2) is 52.4 Å². The zero-order chi connectivity index (χ0) is 22.1. The zero-order valence-corrected chi connectivity index (χ0v) is 18.0. The van der Waals surface area contributed by atoms with Crippen molar-refractivity contribution in [3.8, 4) is 0 Å². The van der Waals surface area contributed by atoms with Crippen molar-refractivity contribution >= 4 is 46.1 Å². The van der Waals surface area contributed by atoms with Crippen molar-refractivity contribution in [1.82, 2.24) is 24.5 Å². The quantitative estimate of drug-likeness (QED) is 0.476. The van der Waals surface area contributed by atoms with Crippen LogP contribution in [0.2, 0.25) is 0 Å². The van der Waals surface area contributed by atoms with Crippen LogP contribution >= 0.6 is 11.8 Å². The van der Waals surface area contributed by atoms with E-state index in [1.165, 1.54) is 4.57 Å². The van der Waals surface area contributed by atoms with E-state index in [1.807, 2.05) is 32.0 Å². The number of rotatable bonds is 4. The van der Waals surface area contributed by atoms with Gasteiger partial charge in [0.05, 0.1) is 16.7 Å². The normalized spacial score (nSPS) is 11.1. The second-order valence-corrected chi connectivity index (χ2v) is 8.03. The van der Waals surface area contributed by atoms with Gasteiger partial charge in [0, 0.05) is 12.7 Å². The summed E-state index contributed by atoms with van der Waals surface area (Å²) in [5.41, 5.74) is 3.25. The lowest BCUT2D eigenvalue weighted by Gasteiger charge is -2.09. The second kappa shape index (κ2) is 8.23. The molecule has 0 atom stereocenters. The number of benzene rings is 2. The van der Waals surface area contributed by atoms with Gasteiger partial charge >= 0.3 is 6.03 Å². The first-order valence-electron chi connectivity index (χ1n) is 9.49.